The number of thiophene rings is 1. The first kappa shape index (κ1) is 25.9. The van der Waals surface area contributed by atoms with Gasteiger partial charge in [0.25, 0.3) is 5.91 Å². The molecule has 2 amide bonds. The molecule has 2 aromatic rings. The number of carbonyl (C=O) groups is 2. The lowest BCUT2D eigenvalue weighted by Crippen LogP contribution is -2.48. The minimum absolute atomic E-state index is 0.0628. The van der Waals surface area contributed by atoms with Crippen molar-refractivity contribution < 1.29 is 14.7 Å². The van der Waals surface area contributed by atoms with Crippen molar-refractivity contribution in [2.24, 2.45) is 5.92 Å². The maximum atomic E-state index is 13.1. The Morgan fingerprint density at radius 3 is 2.60 bits per heavy atom. The third kappa shape index (κ3) is 6.96. The average molecular weight is 519 g/mol. The van der Waals surface area contributed by atoms with Crippen molar-refractivity contribution in [2.75, 3.05) is 5.32 Å². The zero-order valence-corrected chi connectivity index (χ0v) is 22.1. The van der Waals surface area contributed by atoms with Crippen molar-refractivity contribution >= 4 is 40.4 Å². The summed E-state index contributed by atoms with van der Waals surface area (Å²) in [7, 11) is 0. The van der Waals surface area contributed by atoms with Gasteiger partial charge in [-0.2, -0.15) is 0 Å². The minimum Gasteiger partial charge on any atom is -0.384 e. The summed E-state index contributed by atoms with van der Waals surface area (Å²) >= 11 is 7.53. The number of nitrogens with zero attached hydrogens (tertiary/aromatic N) is 1. The highest BCUT2D eigenvalue weighted by atomic mass is 35.5. The SMILES string of the molecule is C[C@H](Nc1cc(Cl)cnc1C(C)(C)O)c1ccc(C(=O)N[C@@H](CC2CCCC2)C(=O)NC2CC2)s1. The van der Waals surface area contributed by atoms with Gasteiger partial charge in [-0.15, -0.1) is 11.3 Å². The molecule has 0 unspecified atom stereocenters. The molecule has 2 aromatic heterocycles. The Bertz CT molecular complexity index is 1060. The van der Waals surface area contributed by atoms with Crippen molar-refractivity contribution in [1.29, 1.82) is 0 Å². The summed E-state index contributed by atoms with van der Waals surface area (Å²) in [5.74, 6) is 0.209. The van der Waals surface area contributed by atoms with Crippen LogP contribution < -0.4 is 16.0 Å². The van der Waals surface area contributed by atoms with Gasteiger partial charge in [-0.3, -0.25) is 14.6 Å². The number of aromatic nitrogens is 1. The van der Waals surface area contributed by atoms with Gasteiger partial charge in [0.05, 0.1) is 27.3 Å². The van der Waals surface area contributed by atoms with E-state index >= 15 is 0 Å². The first-order chi connectivity index (χ1) is 16.6. The largest absolute Gasteiger partial charge is 0.384 e. The molecule has 0 aromatic carbocycles. The van der Waals surface area contributed by atoms with Crippen LogP contribution in [0.2, 0.25) is 5.02 Å². The van der Waals surface area contributed by atoms with Crippen LogP contribution in [-0.4, -0.2) is 34.0 Å². The molecule has 2 aliphatic carbocycles. The van der Waals surface area contributed by atoms with Gasteiger partial charge in [0.2, 0.25) is 5.91 Å². The van der Waals surface area contributed by atoms with Crippen LogP contribution in [0, 0.1) is 5.92 Å². The molecular weight excluding hydrogens is 484 g/mol. The number of pyridine rings is 1. The number of halogens is 1. The zero-order valence-electron chi connectivity index (χ0n) is 20.6. The predicted octanol–water partition coefficient (Wildman–Crippen LogP) is 5.15. The van der Waals surface area contributed by atoms with Gasteiger partial charge < -0.3 is 21.1 Å². The van der Waals surface area contributed by atoms with Crippen LogP contribution in [0.3, 0.4) is 0 Å². The Kier molecular flexibility index (Phi) is 8.03. The van der Waals surface area contributed by atoms with Crippen molar-refractivity contribution in [1.82, 2.24) is 15.6 Å². The second kappa shape index (κ2) is 10.8. The number of rotatable bonds is 10. The molecule has 190 valence electrons. The normalized spacial score (nSPS) is 18.2. The fourth-order valence-corrected chi connectivity index (χ4v) is 5.69. The smallest absolute Gasteiger partial charge is 0.262 e. The average Bonchev–Trinajstić information content (AvgIpc) is 3.24. The Hall–Kier alpha value is -2.16. The zero-order chi connectivity index (χ0) is 25.2. The number of anilines is 1. The van der Waals surface area contributed by atoms with Gasteiger partial charge in [0.15, 0.2) is 0 Å². The summed E-state index contributed by atoms with van der Waals surface area (Å²) in [5, 5.41) is 20.4. The third-order valence-corrected chi connectivity index (χ3v) is 8.15. The minimum atomic E-state index is -1.14. The molecule has 0 bridgehead atoms. The van der Waals surface area contributed by atoms with E-state index in [-0.39, 0.29) is 23.9 Å². The standard InChI is InChI=1S/C26H35ClN4O3S/c1-15(29-19-13-17(27)14-28-23(19)26(2,3)34)21-10-11-22(35-21)25(33)31-20(12-16-6-4-5-7-16)24(32)30-18-8-9-18/h10-11,13-16,18,20,29,34H,4-9,12H2,1-3H3,(H,30,32)(H,31,33)/t15-,20-/m0/s1. The summed E-state index contributed by atoms with van der Waals surface area (Å²) < 4.78 is 0. The van der Waals surface area contributed by atoms with Gasteiger partial charge in [-0.25, -0.2) is 0 Å². The second-order valence-electron chi connectivity index (χ2n) is 10.4. The van der Waals surface area contributed by atoms with Crippen molar-refractivity contribution in [2.45, 2.75) is 89.4 Å². The van der Waals surface area contributed by atoms with E-state index in [4.69, 9.17) is 11.6 Å². The lowest BCUT2D eigenvalue weighted by molar-refractivity contribution is -0.123. The fraction of sp³-hybridized carbons (Fsp3) is 0.577. The van der Waals surface area contributed by atoms with Gasteiger partial charge in [-0.1, -0.05) is 37.3 Å². The first-order valence-electron chi connectivity index (χ1n) is 12.5. The first-order valence-corrected chi connectivity index (χ1v) is 13.7. The van der Waals surface area contributed by atoms with Crippen LogP contribution >= 0.6 is 22.9 Å². The number of hydrogen-bond donors (Lipinski definition) is 4. The molecule has 2 saturated carbocycles. The topological polar surface area (TPSA) is 103 Å². The van der Waals surface area contributed by atoms with Crippen LogP contribution in [-0.2, 0) is 10.4 Å². The summed E-state index contributed by atoms with van der Waals surface area (Å²) in [6.07, 6.45) is 8.90. The predicted molar refractivity (Wildman–Crippen MR) is 140 cm³/mol. The highest BCUT2D eigenvalue weighted by molar-refractivity contribution is 7.14. The van der Waals surface area contributed by atoms with Crippen LogP contribution in [0.25, 0.3) is 0 Å². The second-order valence-corrected chi connectivity index (χ2v) is 11.9. The van der Waals surface area contributed by atoms with Gasteiger partial charge in [-0.05, 0) is 64.2 Å². The van der Waals surface area contributed by atoms with Crippen LogP contribution in [0.1, 0.15) is 92.0 Å². The lowest BCUT2D eigenvalue weighted by atomic mass is 9.97. The number of nitrogens with one attached hydrogen (secondary N) is 3. The molecule has 4 N–H and O–H groups in total. The number of amides is 2. The van der Waals surface area contributed by atoms with Crippen LogP contribution in [0.15, 0.2) is 24.4 Å². The molecule has 4 rings (SSSR count). The third-order valence-electron chi connectivity index (χ3n) is 6.67. The van der Waals surface area contributed by atoms with E-state index in [9.17, 15) is 14.7 Å². The summed E-state index contributed by atoms with van der Waals surface area (Å²) in [5.41, 5.74) is 0.00710. The maximum Gasteiger partial charge on any atom is 0.262 e. The molecule has 2 aliphatic rings. The van der Waals surface area contributed by atoms with Crippen molar-refractivity contribution in [3.05, 3.63) is 44.9 Å². The molecule has 0 spiro atoms. The lowest BCUT2D eigenvalue weighted by Gasteiger charge is -2.23. The van der Waals surface area contributed by atoms with Crippen molar-refractivity contribution in [3.8, 4) is 0 Å². The highest BCUT2D eigenvalue weighted by Gasteiger charge is 2.31. The summed E-state index contributed by atoms with van der Waals surface area (Å²) in [4.78, 5) is 31.8. The molecule has 0 aliphatic heterocycles. The van der Waals surface area contributed by atoms with Gasteiger partial charge in [0.1, 0.15) is 11.6 Å². The van der Waals surface area contributed by atoms with Crippen LogP contribution in [0.4, 0.5) is 5.69 Å². The molecule has 9 heteroatoms. The Morgan fingerprint density at radius 1 is 1.23 bits per heavy atom. The fourth-order valence-electron chi connectivity index (χ4n) is 4.62. The Morgan fingerprint density at radius 2 is 1.94 bits per heavy atom. The molecule has 2 fully saturated rings. The molecular formula is C26H35ClN4O3S. The van der Waals surface area contributed by atoms with Crippen LogP contribution in [0.5, 0.6) is 0 Å². The monoisotopic (exact) mass is 518 g/mol. The quantitative estimate of drug-likeness (QED) is 0.348. The van der Waals surface area contributed by atoms with E-state index in [1.54, 1.807) is 26.0 Å². The molecule has 7 nitrogen and oxygen atoms in total. The number of carbonyl (C=O) groups excluding carboxylic acids is 2. The summed E-state index contributed by atoms with van der Waals surface area (Å²) in [6.45, 7) is 5.33. The molecule has 2 heterocycles. The van der Waals surface area contributed by atoms with E-state index < -0.39 is 11.6 Å². The van der Waals surface area contributed by atoms with E-state index in [1.165, 1.54) is 30.4 Å². The van der Waals surface area contributed by atoms with E-state index in [1.807, 2.05) is 13.0 Å². The van der Waals surface area contributed by atoms with Gasteiger partial charge >= 0.3 is 0 Å². The van der Waals surface area contributed by atoms with E-state index in [0.29, 0.717) is 33.6 Å². The Labute approximate surface area is 216 Å². The number of hydrogen-bond acceptors (Lipinski definition) is 6. The van der Waals surface area contributed by atoms with Crippen molar-refractivity contribution in [3.63, 3.8) is 0 Å². The summed E-state index contributed by atoms with van der Waals surface area (Å²) in [6, 6.07) is 5.07. The molecule has 35 heavy (non-hydrogen) atoms. The Balaban J connectivity index is 1.43. The number of aliphatic hydroxyl groups is 1. The maximum absolute atomic E-state index is 13.1. The molecule has 2 atom stereocenters. The highest BCUT2D eigenvalue weighted by Crippen LogP contribution is 2.33. The van der Waals surface area contributed by atoms with Gasteiger partial charge in [0, 0.05) is 17.1 Å². The van der Waals surface area contributed by atoms with E-state index in [2.05, 4.69) is 20.9 Å². The van der Waals surface area contributed by atoms with E-state index in [0.717, 1.165) is 30.6 Å². The molecule has 0 saturated heterocycles. The molecule has 0 radical (unpaired) electrons.